The predicted molar refractivity (Wildman–Crippen MR) is 90.9 cm³/mol. The number of amides is 1. The summed E-state index contributed by atoms with van der Waals surface area (Å²) in [5.74, 6) is 1.02. The number of hydrogen-bond donors (Lipinski definition) is 1. The molecule has 1 aliphatic heterocycles. The number of pyridine rings is 1. The van der Waals surface area contributed by atoms with Crippen LogP contribution in [0.4, 0.5) is 0 Å². The van der Waals surface area contributed by atoms with E-state index < -0.39 is 0 Å². The van der Waals surface area contributed by atoms with Crippen LogP contribution in [0.1, 0.15) is 31.4 Å². The van der Waals surface area contributed by atoms with Crippen molar-refractivity contribution in [2.45, 2.75) is 38.3 Å². The number of rotatable bonds is 5. The molecule has 2 atom stereocenters. The smallest absolute Gasteiger partial charge is 0.221 e. The Morgan fingerprint density at radius 2 is 2.13 bits per heavy atom. The van der Waals surface area contributed by atoms with Gasteiger partial charge < -0.3 is 5.32 Å². The lowest BCUT2D eigenvalue weighted by Gasteiger charge is -2.26. The fourth-order valence-corrected chi connectivity index (χ4v) is 4.03. The zero-order valence-electron chi connectivity index (χ0n) is 13.4. The van der Waals surface area contributed by atoms with Gasteiger partial charge in [0.25, 0.3) is 0 Å². The number of aromatic nitrogens is 1. The zero-order chi connectivity index (χ0) is 15.6. The number of carbonyl (C=O) groups is 1. The van der Waals surface area contributed by atoms with Crippen molar-refractivity contribution in [3.8, 4) is 0 Å². The largest absolute Gasteiger partial charge is 0.350 e. The first-order valence-corrected chi connectivity index (χ1v) is 8.63. The molecule has 1 amide bonds. The van der Waals surface area contributed by atoms with E-state index in [2.05, 4.69) is 27.3 Å². The number of carbonyl (C=O) groups excluding carboxylic acids is 1. The van der Waals surface area contributed by atoms with Gasteiger partial charge in [-0.25, -0.2) is 0 Å². The molecular weight excluding hydrogens is 286 g/mol. The monoisotopic (exact) mass is 309 g/mol. The minimum atomic E-state index is 0.128. The molecule has 1 aromatic carbocycles. The molecule has 0 radical (unpaired) electrons. The standard InChI is InChI=1S/C19H23N3O/c23-19(9-10-22-13-14-5-8-17(22)11-14)20-12-16-7-6-15-3-1-2-4-18(15)21-16/h1-4,6-7,14,17H,5,8-13H2,(H,20,23)/t14-,17+/m1/s1. The molecular formula is C19H23N3O. The number of nitrogens with zero attached hydrogens (tertiary/aromatic N) is 2. The van der Waals surface area contributed by atoms with Gasteiger partial charge >= 0.3 is 0 Å². The van der Waals surface area contributed by atoms with Crippen molar-refractivity contribution in [3.05, 3.63) is 42.1 Å². The molecule has 120 valence electrons. The van der Waals surface area contributed by atoms with E-state index in [-0.39, 0.29) is 5.91 Å². The van der Waals surface area contributed by atoms with Gasteiger partial charge in [-0.3, -0.25) is 14.7 Å². The second-order valence-corrected chi connectivity index (χ2v) is 6.85. The topological polar surface area (TPSA) is 45.2 Å². The quantitative estimate of drug-likeness (QED) is 0.923. The van der Waals surface area contributed by atoms with Crippen LogP contribution in [0.3, 0.4) is 0 Å². The first kappa shape index (κ1) is 14.6. The molecule has 2 aliphatic rings. The molecule has 4 heteroatoms. The molecule has 4 nitrogen and oxygen atoms in total. The fraction of sp³-hybridized carbons (Fsp3) is 0.474. The third-order valence-corrected chi connectivity index (χ3v) is 5.27. The van der Waals surface area contributed by atoms with E-state index in [0.29, 0.717) is 13.0 Å². The molecule has 2 bridgehead atoms. The summed E-state index contributed by atoms with van der Waals surface area (Å²) in [6, 6.07) is 12.8. The number of piperidine rings is 1. The van der Waals surface area contributed by atoms with Gasteiger partial charge in [0.2, 0.25) is 5.91 Å². The Bertz CT molecular complexity index is 715. The number of nitrogens with one attached hydrogen (secondary N) is 1. The maximum absolute atomic E-state index is 12.1. The van der Waals surface area contributed by atoms with E-state index in [1.807, 2.05) is 24.3 Å². The highest BCUT2D eigenvalue weighted by Crippen LogP contribution is 2.37. The van der Waals surface area contributed by atoms with Crippen LogP contribution in [0.2, 0.25) is 0 Å². The van der Waals surface area contributed by atoms with Crippen LogP contribution >= 0.6 is 0 Å². The average molecular weight is 309 g/mol. The third kappa shape index (κ3) is 3.22. The second kappa shape index (κ2) is 6.28. The summed E-state index contributed by atoms with van der Waals surface area (Å²) in [6.07, 6.45) is 4.66. The predicted octanol–water partition coefficient (Wildman–Crippen LogP) is 2.73. The van der Waals surface area contributed by atoms with E-state index in [0.717, 1.165) is 35.1 Å². The van der Waals surface area contributed by atoms with Crippen molar-refractivity contribution < 1.29 is 4.79 Å². The lowest BCUT2D eigenvalue weighted by molar-refractivity contribution is -0.121. The van der Waals surface area contributed by atoms with Crippen LogP contribution in [-0.2, 0) is 11.3 Å². The lowest BCUT2D eigenvalue weighted by atomic mass is 10.1. The molecule has 1 saturated heterocycles. The third-order valence-electron chi connectivity index (χ3n) is 5.27. The Hall–Kier alpha value is -1.94. The summed E-state index contributed by atoms with van der Waals surface area (Å²) in [7, 11) is 0. The SMILES string of the molecule is O=C(CCN1C[C@@H]2CC[C@H]1C2)NCc1ccc2ccccc2n1. The fourth-order valence-electron chi connectivity index (χ4n) is 4.03. The van der Waals surface area contributed by atoms with Crippen LogP contribution < -0.4 is 5.32 Å². The average Bonchev–Trinajstić information content (AvgIpc) is 3.21. The van der Waals surface area contributed by atoms with Gasteiger partial charge in [-0.05, 0) is 37.3 Å². The Labute approximate surface area is 136 Å². The van der Waals surface area contributed by atoms with Crippen LogP contribution in [0, 0.1) is 5.92 Å². The molecule has 0 spiro atoms. The van der Waals surface area contributed by atoms with Crippen LogP contribution in [0.25, 0.3) is 10.9 Å². The first-order chi connectivity index (χ1) is 11.3. The summed E-state index contributed by atoms with van der Waals surface area (Å²) in [5, 5.41) is 4.13. The maximum atomic E-state index is 12.1. The van der Waals surface area contributed by atoms with Gasteiger partial charge in [0, 0.05) is 30.9 Å². The Balaban J connectivity index is 1.27. The van der Waals surface area contributed by atoms with Crippen molar-refractivity contribution in [1.29, 1.82) is 0 Å². The molecule has 1 aliphatic carbocycles. The van der Waals surface area contributed by atoms with Crippen molar-refractivity contribution >= 4 is 16.8 Å². The van der Waals surface area contributed by atoms with Gasteiger partial charge in [-0.2, -0.15) is 0 Å². The summed E-state index contributed by atoms with van der Waals surface area (Å²) in [4.78, 5) is 19.2. The second-order valence-electron chi connectivity index (χ2n) is 6.85. The number of benzene rings is 1. The summed E-state index contributed by atoms with van der Waals surface area (Å²) < 4.78 is 0. The number of hydrogen-bond acceptors (Lipinski definition) is 3. The molecule has 2 fully saturated rings. The van der Waals surface area contributed by atoms with E-state index in [1.54, 1.807) is 0 Å². The highest BCUT2D eigenvalue weighted by atomic mass is 16.1. The van der Waals surface area contributed by atoms with Crippen LogP contribution in [0.5, 0.6) is 0 Å². The van der Waals surface area contributed by atoms with Crippen LogP contribution in [0.15, 0.2) is 36.4 Å². The number of likely N-dealkylation sites (tertiary alicyclic amines) is 1. The Morgan fingerprint density at radius 1 is 1.22 bits per heavy atom. The summed E-state index contributed by atoms with van der Waals surface area (Å²) >= 11 is 0. The van der Waals surface area contributed by atoms with Crippen molar-refractivity contribution in [3.63, 3.8) is 0 Å². The van der Waals surface area contributed by atoms with E-state index in [4.69, 9.17) is 0 Å². The molecule has 2 aromatic rings. The molecule has 4 rings (SSSR count). The summed E-state index contributed by atoms with van der Waals surface area (Å²) in [6.45, 7) is 2.61. The van der Waals surface area contributed by atoms with E-state index in [9.17, 15) is 4.79 Å². The minimum Gasteiger partial charge on any atom is -0.350 e. The zero-order valence-corrected chi connectivity index (χ0v) is 13.4. The molecule has 0 unspecified atom stereocenters. The van der Waals surface area contributed by atoms with Crippen molar-refractivity contribution in [1.82, 2.24) is 15.2 Å². The first-order valence-electron chi connectivity index (χ1n) is 8.63. The molecule has 2 heterocycles. The number of fused-ring (bicyclic) bond motifs is 3. The van der Waals surface area contributed by atoms with E-state index >= 15 is 0 Å². The van der Waals surface area contributed by atoms with Gasteiger partial charge in [-0.15, -0.1) is 0 Å². The summed E-state index contributed by atoms with van der Waals surface area (Å²) in [5.41, 5.74) is 1.89. The van der Waals surface area contributed by atoms with Crippen molar-refractivity contribution in [2.75, 3.05) is 13.1 Å². The highest BCUT2D eigenvalue weighted by molar-refractivity contribution is 5.79. The lowest BCUT2D eigenvalue weighted by Crippen LogP contribution is -2.35. The Morgan fingerprint density at radius 3 is 2.96 bits per heavy atom. The van der Waals surface area contributed by atoms with E-state index in [1.165, 1.54) is 25.8 Å². The number of para-hydroxylation sites is 1. The van der Waals surface area contributed by atoms with Gasteiger partial charge in [0.05, 0.1) is 17.8 Å². The normalized spacial score (nSPS) is 23.5. The van der Waals surface area contributed by atoms with Gasteiger partial charge in [-0.1, -0.05) is 24.3 Å². The van der Waals surface area contributed by atoms with Gasteiger partial charge in [0.15, 0.2) is 0 Å². The van der Waals surface area contributed by atoms with Crippen molar-refractivity contribution in [2.24, 2.45) is 5.92 Å². The highest BCUT2D eigenvalue weighted by Gasteiger charge is 2.37. The Kier molecular flexibility index (Phi) is 4.00. The maximum Gasteiger partial charge on any atom is 0.221 e. The molecule has 1 aromatic heterocycles. The van der Waals surface area contributed by atoms with Crippen LogP contribution in [-0.4, -0.2) is 34.9 Å². The van der Waals surface area contributed by atoms with Gasteiger partial charge in [0.1, 0.15) is 0 Å². The molecule has 23 heavy (non-hydrogen) atoms. The molecule has 1 N–H and O–H groups in total. The minimum absolute atomic E-state index is 0.128. The molecule has 1 saturated carbocycles.